The molecule has 3 atom stereocenters. The molecule has 0 aliphatic heterocycles. The molecule has 0 unspecified atom stereocenters. The highest BCUT2D eigenvalue weighted by atomic mass is 16.6. The number of rotatable bonds is 3. The predicted molar refractivity (Wildman–Crippen MR) is 63.1 cm³/mol. The number of non-ortho nitro benzene ring substituents is 1. The highest BCUT2D eigenvalue weighted by Gasteiger charge is 2.47. The molecular weight excluding hydrogens is 234 g/mol. The number of hydrogen-bond acceptors (Lipinski definition) is 4. The average Bonchev–Trinajstić information content (AvgIpc) is 2.97. The summed E-state index contributed by atoms with van der Waals surface area (Å²) in [6.45, 7) is 0. The highest BCUT2D eigenvalue weighted by molar-refractivity contribution is 5.89. The Kier molecular flexibility index (Phi) is 2.54. The number of nitro groups is 1. The summed E-state index contributed by atoms with van der Waals surface area (Å²) in [7, 11) is 0. The largest absolute Gasteiger partial charge is 0.459 e. The van der Waals surface area contributed by atoms with Gasteiger partial charge in [0, 0.05) is 12.1 Å². The van der Waals surface area contributed by atoms with E-state index in [0.717, 1.165) is 24.7 Å². The second kappa shape index (κ2) is 4.08. The summed E-state index contributed by atoms with van der Waals surface area (Å²) in [5.74, 6) is 1.15. The lowest BCUT2D eigenvalue weighted by atomic mass is 10.2. The van der Waals surface area contributed by atoms with Crippen molar-refractivity contribution in [2.75, 3.05) is 0 Å². The van der Waals surface area contributed by atoms with Crippen molar-refractivity contribution in [3.63, 3.8) is 0 Å². The van der Waals surface area contributed by atoms with Crippen molar-refractivity contribution in [1.82, 2.24) is 0 Å². The first-order valence-corrected chi connectivity index (χ1v) is 6.09. The maximum Gasteiger partial charge on any atom is 0.338 e. The topological polar surface area (TPSA) is 69.4 Å². The highest BCUT2D eigenvalue weighted by Crippen LogP contribution is 2.52. The molecule has 94 valence electrons. The van der Waals surface area contributed by atoms with Gasteiger partial charge in [0.15, 0.2) is 0 Å². The third-order valence-electron chi connectivity index (χ3n) is 3.79. The zero-order valence-electron chi connectivity index (χ0n) is 9.74. The van der Waals surface area contributed by atoms with Crippen molar-refractivity contribution in [2.24, 2.45) is 11.8 Å². The second-order valence-electron chi connectivity index (χ2n) is 5.06. The van der Waals surface area contributed by atoms with Gasteiger partial charge >= 0.3 is 5.97 Å². The Labute approximate surface area is 104 Å². The lowest BCUT2D eigenvalue weighted by Crippen LogP contribution is -2.16. The van der Waals surface area contributed by atoms with E-state index in [1.54, 1.807) is 0 Å². The third kappa shape index (κ3) is 2.08. The van der Waals surface area contributed by atoms with Crippen molar-refractivity contribution < 1.29 is 14.5 Å². The van der Waals surface area contributed by atoms with Crippen LogP contribution in [0.3, 0.4) is 0 Å². The second-order valence-corrected chi connectivity index (χ2v) is 5.06. The van der Waals surface area contributed by atoms with Crippen LogP contribution >= 0.6 is 0 Å². The molecule has 0 saturated heterocycles. The molecule has 2 aliphatic rings. The normalized spacial score (nSPS) is 28.6. The molecule has 0 N–H and O–H groups in total. The molecule has 5 heteroatoms. The molecule has 1 aromatic carbocycles. The smallest absolute Gasteiger partial charge is 0.338 e. The molecule has 5 nitrogen and oxygen atoms in total. The number of carbonyl (C=O) groups excluding carboxylic acids is 1. The molecule has 0 radical (unpaired) electrons. The number of nitro benzene ring substituents is 1. The van der Waals surface area contributed by atoms with E-state index in [0.29, 0.717) is 5.56 Å². The molecule has 18 heavy (non-hydrogen) atoms. The maximum absolute atomic E-state index is 11.8. The van der Waals surface area contributed by atoms with Gasteiger partial charge in [0.1, 0.15) is 6.10 Å². The van der Waals surface area contributed by atoms with Gasteiger partial charge in [-0.15, -0.1) is 0 Å². The summed E-state index contributed by atoms with van der Waals surface area (Å²) in [6, 6.07) is 5.53. The Morgan fingerprint density at radius 1 is 1.17 bits per heavy atom. The van der Waals surface area contributed by atoms with Gasteiger partial charge in [0.25, 0.3) is 5.69 Å². The molecule has 0 spiro atoms. The first kappa shape index (κ1) is 11.2. The predicted octanol–water partition coefficient (Wildman–Crippen LogP) is 2.55. The maximum atomic E-state index is 11.8. The van der Waals surface area contributed by atoms with E-state index >= 15 is 0 Å². The van der Waals surface area contributed by atoms with Crippen molar-refractivity contribution in [1.29, 1.82) is 0 Å². The number of ether oxygens (including phenoxy) is 1. The van der Waals surface area contributed by atoms with E-state index < -0.39 is 4.92 Å². The molecule has 3 rings (SSSR count). The summed E-state index contributed by atoms with van der Waals surface area (Å²) in [6.07, 6.45) is 3.27. The van der Waals surface area contributed by atoms with Gasteiger partial charge < -0.3 is 4.74 Å². The van der Waals surface area contributed by atoms with Crippen LogP contribution in [0.15, 0.2) is 24.3 Å². The van der Waals surface area contributed by atoms with Crippen molar-refractivity contribution >= 4 is 11.7 Å². The van der Waals surface area contributed by atoms with E-state index in [9.17, 15) is 14.9 Å². The summed E-state index contributed by atoms with van der Waals surface area (Å²) in [5.41, 5.74) is 0.356. The van der Waals surface area contributed by atoms with Gasteiger partial charge in [-0.2, -0.15) is 0 Å². The lowest BCUT2D eigenvalue weighted by molar-refractivity contribution is -0.384. The number of benzene rings is 1. The molecule has 2 saturated carbocycles. The molecule has 2 aliphatic carbocycles. The molecule has 0 bridgehead atoms. The van der Waals surface area contributed by atoms with Gasteiger partial charge in [-0.1, -0.05) is 0 Å². The number of fused-ring (bicyclic) bond motifs is 1. The number of hydrogen-bond donors (Lipinski definition) is 0. The van der Waals surface area contributed by atoms with Gasteiger partial charge in [-0.25, -0.2) is 4.79 Å². The van der Waals surface area contributed by atoms with Crippen LogP contribution in [0.4, 0.5) is 5.69 Å². The number of nitrogens with zero attached hydrogens (tertiary/aromatic N) is 1. The first-order valence-electron chi connectivity index (χ1n) is 6.09. The van der Waals surface area contributed by atoms with E-state index in [1.165, 1.54) is 30.7 Å². The summed E-state index contributed by atoms with van der Waals surface area (Å²) in [4.78, 5) is 21.8. The van der Waals surface area contributed by atoms with Gasteiger partial charge in [-0.3, -0.25) is 10.1 Å². The fraction of sp³-hybridized carbons (Fsp3) is 0.462. The van der Waals surface area contributed by atoms with E-state index in [-0.39, 0.29) is 17.8 Å². The van der Waals surface area contributed by atoms with Crippen LogP contribution in [0.5, 0.6) is 0 Å². The molecule has 2 fully saturated rings. The lowest BCUT2D eigenvalue weighted by Gasteiger charge is -2.13. The van der Waals surface area contributed by atoms with Crippen LogP contribution in [0.25, 0.3) is 0 Å². The first-order chi connectivity index (χ1) is 8.63. The molecule has 0 heterocycles. The van der Waals surface area contributed by atoms with Gasteiger partial charge in [0.2, 0.25) is 0 Å². The Balaban J connectivity index is 1.62. The monoisotopic (exact) mass is 247 g/mol. The minimum Gasteiger partial charge on any atom is -0.459 e. The van der Waals surface area contributed by atoms with Crippen LogP contribution in [0.2, 0.25) is 0 Å². The molecule has 0 amide bonds. The van der Waals surface area contributed by atoms with Crippen molar-refractivity contribution in [3.8, 4) is 0 Å². The van der Waals surface area contributed by atoms with Gasteiger partial charge in [-0.05, 0) is 43.2 Å². The zero-order chi connectivity index (χ0) is 12.7. The zero-order valence-corrected chi connectivity index (χ0v) is 9.74. The van der Waals surface area contributed by atoms with Crippen LogP contribution < -0.4 is 0 Å². The Bertz CT molecular complexity index is 486. The summed E-state index contributed by atoms with van der Waals surface area (Å²) >= 11 is 0. The fourth-order valence-electron chi connectivity index (χ4n) is 2.69. The van der Waals surface area contributed by atoms with Crippen molar-refractivity contribution in [2.45, 2.75) is 25.4 Å². The fourth-order valence-corrected chi connectivity index (χ4v) is 2.69. The average molecular weight is 247 g/mol. The quantitative estimate of drug-likeness (QED) is 0.467. The van der Waals surface area contributed by atoms with E-state index in [1.807, 2.05) is 0 Å². The van der Waals surface area contributed by atoms with E-state index in [2.05, 4.69) is 0 Å². The molecule has 0 aromatic heterocycles. The van der Waals surface area contributed by atoms with E-state index in [4.69, 9.17) is 4.74 Å². The van der Waals surface area contributed by atoms with Crippen LogP contribution in [0, 0.1) is 22.0 Å². The standard InChI is InChI=1S/C13H13NO4/c15-13(18-12-6-9-5-10(9)7-12)8-1-3-11(4-2-8)14(16)17/h1-4,9-10,12H,5-7H2/t9-,10+,12-. The van der Waals surface area contributed by atoms with Gasteiger partial charge in [0.05, 0.1) is 10.5 Å². The van der Waals surface area contributed by atoms with Crippen LogP contribution in [-0.2, 0) is 4.74 Å². The van der Waals surface area contributed by atoms with Crippen LogP contribution in [-0.4, -0.2) is 17.0 Å². The van der Waals surface area contributed by atoms with Crippen LogP contribution in [0.1, 0.15) is 29.6 Å². The Morgan fingerprint density at radius 3 is 2.33 bits per heavy atom. The summed E-state index contributed by atoms with van der Waals surface area (Å²) < 4.78 is 5.39. The minimum atomic E-state index is -0.486. The van der Waals surface area contributed by atoms with Crippen molar-refractivity contribution in [3.05, 3.63) is 39.9 Å². The Hall–Kier alpha value is -1.91. The minimum absolute atomic E-state index is 0.0198. The number of carbonyl (C=O) groups is 1. The third-order valence-corrected chi connectivity index (χ3v) is 3.79. The summed E-state index contributed by atoms with van der Waals surface area (Å²) in [5, 5.41) is 10.5. The Morgan fingerprint density at radius 2 is 1.78 bits per heavy atom. The molecular formula is C13H13NO4. The SMILES string of the molecule is O=C(O[C@H]1C[C@@H]2C[C@@H]2C1)c1ccc([N+](=O)[O-])cc1. The number of esters is 1. The molecule has 1 aromatic rings.